The Bertz CT molecular complexity index is 379. The number of rotatable bonds is 4. The van der Waals surface area contributed by atoms with Crippen LogP contribution in [0.2, 0.25) is 0 Å². The van der Waals surface area contributed by atoms with E-state index >= 15 is 0 Å². The molecule has 1 rings (SSSR count). The first-order valence-corrected chi connectivity index (χ1v) is 6.99. The number of halogens is 1. The predicted octanol–water partition coefficient (Wildman–Crippen LogP) is 3.63. The summed E-state index contributed by atoms with van der Waals surface area (Å²) in [7, 11) is 0. The molecule has 0 amide bonds. The molecule has 0 spiro atoms. The van der Waals surface area contributed by atoms with Crippen LogP contribution in [0.4, 0.5) is 0 Å². The van der Waals surface area contributed by atoms with Gasteiger partial charge in [0.05, 0.1) is 6.04 Å². The van der Waals surface area contributed by atoms with Gasteiger partial charge in [0.25, 0.3) is 0 Å². The second kappa shape index (κ2) is 6.97. The van der Waals surface area contributed by atoms with E-state index in [1.54, 1.807) is 0 Å². The van der Waals surface area contributed by atoms with Crippen LogP contribution in [0.15, 0.2) is 28.7 Å². The van der Waals surface area contributed by atoms with Gasteiger partial charge in [0.2, 0.25) is 0 Å². The highest BCUT2D eigenvalue weighted by molar-refractivity contribution is 9.10. The second-order valence-corrected chi connectivity index (χ2v) is 5.85. The molecule has 2 nitrogen and oxygen atoms in total. The van der Waals surface area contributed by atoms with Gasteiger partial charge in [0.15, 0.2) is 5.11 Å². The fourth-order valence-electron chi connectivity index (χ4n) is 1.40. The summed E-state index contributed by atoms with van der Waals surface area (Å²) >= 11 is 8.72. The average Bonchev–Trinajstić information content (AvgIpc) is 2.26. The van der Waals surface area contributed by atoms with Crippen LogP contribution in [0, 0.1) is 5.92 Å². The van der Waals surface area contributed by atoms with Gasteiger partial charge < -0.3 is 10.6 Å². The van der Waals surface area contributed by atoms with Crippen molar-refractivity contribution < 1.29 is 0 Å². The predicted molar refractivity (Wildman–Crippen MR) is 81.1 cm³/mol. The van der Waals surface area contributed by atoms with Gasteiger partial charge in [-0.15, -0.1) is 0 Å². The molecule has 0 aliphatic rings. The van der Waals surface area contributed by atoms with Crippen molar-refractivity contribution in [1.29, 1.82) is 0 Å². The van der Waals surface area contributed by atoms with E-state index in [0.717, 1.165) is 11.0 Å². The molecule has 4 heteroatoms. The summed E-state index contributed by atoms with van der Waals surface area (Å²) in [6.07, 6.45) is 0. The van der Waals surface area contributed by atoms with Crippen LogP contribution in [0.5, 0.6) is 0 Å². The minimum atomic E-state index is 0.208. The maximum absolute atomic E-state index is 5.25. The summed E-state index contributed by atoms with van der Waals surface area (Å²) in [5, 5.41) is 7.20. The van der Waals surface area contributed by atoms with Gasteiger partial charge in [-0.3, -0.25) is 0 Å². The van der Waals surface area contributed by atoms with E-state index in [1.807, 2.05) is 12.1 Å². The summed E-state index contributed by atoms with van der Waals surface area (Å²) < 4.78 is 1.09. The van der Waals surface area contributed by atoms with Gasteiger partial charge in [-0.1, -0.05) is 41.9 Å². The molecule has 2 N–H and O–H groups in total. The third kappa shape index (κ3) is 5.50. The zero-order valence-electron chi connectivity index (χ0n) is 10.5. The maximum Gasteiger partial charge on any atom is 0.166 e. The molecule has 1 aromatic carbocycles. The fourth-order valence-corrected chi connectivity index (χ4v) is 2.08. The molecule has 0 heterocycles. The second-order valence-electron chi connectivity index (χ2n) is 4.52. The molecule has 0 aliphatic heterocycles. The first-order chi connectivity index (χ1) is 7.99. The van der Waals surface area contributed by atoms with Crippen LogP contribution >= 0.6 is 28.1 Å². The van der Waals surface area contributed by atoms with Gasteiger partial charge in [0.1, 0.15) is 0 Å². The monoisotopic (exact) mass is 314 g/mol. The SMILES string of the molecule is CC(C)CNC(=S)NC(C)c1cccc(Br)c1. The number of hydrogen-bond acceptors (Lipinski definition) is 1. The number of hydrogen-bond donors (Lipinski definition) is 2. The van der Waals surface area contributed by atoms with Gasteiger partial charge in [-0.2, -0.15) is 0 Å². The lowest BCUT2D eigenvalue weighted by Gasteiger charge is -2.18. The molecule has 1 unspecified atom stereocenters. The molecule has 0 saturated heterocycles. The fraction of sp³-hybridized carbons (Fsp3) is 0.462. The van der Waals surface area contributed by atoms with E-state index < -0.39 is 0 Å². The van der Waals surface area contributed by atoms with Crippen molar-refractivity contribution in [3.8, 4) is 0 Å². The van der Waals surface area contributed by atoms with Crippen LogP contribution in [-0.4, -0.2) is 11.7 Å². The van der Waals surface area contributed by atoms with Crippen molar-refractivity contribution in [2.75, 3.05) is 6.54 Å². The summed E-state index contributed by atoms with van der Waals surface area (Å²) in [5.74, 6) is 0.593. The van der Waals surface area contributed by atoms with Gasteiger partial charge >= 0.3 is 0 Å². The van der Waals surface area contributed by atoms with Gasteiger partial charge in [-0.25, -0.2) is 0 Å². The molecule has 94 valence electrons. The molecular weight excluding hydrogens is 296 g/mol. The first kappa shape index (κ1) is 14.5. The maximum atomic E-state index is 5.25. The van der Waals surface area contributed by atoms with E-state index in [-0.39, 0.29) is 6.04 Å². The topological polar surface area (TPSA) is 24.1 Å². The third-order valence-electron chi connectivity index (χ3n) is 2.37. The molecule has 0 radical (unpaired) electrons. The Balaban J connectivity index is 2.48. The summed E-state index contributed by atoms with van der Waals surface area (Å²) in [6, 6.07) is 8.45. The van der Waals surface area contributed by atoms with Crippen LogP contribution in [0.3, 0.4) is 0 Å². The first-order valence-electron chi connectivity index (χ1n) is 5.79. The smallest absolute Gasteiger partial charge is 0.166 e. The van der Waals surface area contributed by atoms with Crippen LogP contribution in [-0.2, 0) is 0 Å². The van der Waals surface area contributed by atoms with Crippen LogP contribution in [0.25, 0.3) is 0 Å². The average molecular weight is 315 g/mol. The summed E-state index contributed by atoms with van der Waals surface area (Å²) in [5.41, 5.74) is 1.22. The normalized spacial score (nSPS) is 12.3. The molecule has 1 aromatic rings. The van der Waals surface area contributed by atoms with E-state index in [0.29, 0.717) is 11.0 Å². The quantitative estimate of drug-likeness (QED) is 0.830. The summed E-state index contributed by atoms with van der Waals surface area (Å²) in [6.45, 7) is 7.32. The van der Waals surface area contributed by atoms with E-state index in [9.17, 15) is 0 Å². The van der Waals surface area contributed by atoms with Crippen molar-refractivity contribution in [2.24, 2.45) is 5.92 Å². The van der Waals surface area contributed by atoms with Crippen LogP contribution in [0.1, 0.15) is 32.4 Å². The highest BCUT2D eigenvalue weighted by atomic mass is 79.9. The molecule has 0 bridgehead atoms. The Kier molecular flexibility index (Phi) is 5.92. The van der Waals surface area contributed by atoms with Gasteiger partial charge in [-0.05, 0) is 42.8 Å². The molecular formula is C13H19BrN2S. The molecule has 0 saturated carbocycles. The lowest BCUT2D eigenvalue weighted by molar-refractivity contribution is 0.609. The molecule has 0 aromatic heterocycles. The molecule has 0 fully saturated rings. The van der Waals surface area contributed by atoms with E-state index in [4.69, 9.17) is 12.2 Å². The Morgan fingerprint density at radius 1 is 1.35 bits per heavy atom. The zero-order valence-corrected chi connectivity index (χ0v) is 12.9. The number of benzene rings is 1. The number of nitrogens with one attached hydrogen (secondary N) is 2. The third-order valence-corrected chi connectivity index (χ3v) is 3.12. The Labute approximate surface area is 117 Å². The Morgan fingerprint density at radius 3 is 2.65 bits per heavy atom. The largest absolute Gasteiger partial charge is 0.362 e. The highest BCUT2D eigenvalue weighted by Gasteiger charge is 2.07. The van der Waals surface area contributed by atoms with Crippen LogP contribution < -0.4 is 10.6 Å². The van der Waals surface area contributed by atoms with Gasteiger partial charge in [0, 0.05) is 11.0 Å². The summed E-state index contributed by atoms with van der Waals surface area (Å²) in [4.78, 5) is 0. The standard InChI is InChI=1S/C13H19BrN2S/c1-9(2)8-15-13(17)16-10(3)11-5-4-6-12(14)7-11/h4-7,9-10H,8H2,1-3H3,(H2,15,16,17). The lowest BCUT2D eigenvalue weighted by Crippen LogP contribution is -2.38. The van der Waals surface area contributed by atoms with Crippen molar-refractivity contribution in [1.82, 2.24) is 10.6 Å². The minimum Gasteiger partial charge on any atom is -0.362 e. The van der Waals surface area contributed by atoms with Crippen molar-refractivity contribution in [2.45, 2.75) is 26.8 Å². The highest BCUT2D eigenvalue weighted by Crippen LogP contribution is 2.17. The molecule has 0 aliphatic carbocycles. The van der Waals surface area contributed by atoms with Crippen molar-refractivity contribution in [3.05, 3.63) is 34.3 Å². The Hall–Kier alpha value is -0.610. The molecule has 17 heavy (non-hydrogen) atoms. The lowest BCUT2D eigenvalue weighted by atomic mass is 10.1. The molecule has 1 atom stereocenters. The van der Waals surface area contributed by atoms with E-state index in [1.165, 1.54) is 5.56 Å². The minimum absolute atomic E-state index is 0.208. The van der Waals surface area contributed by atoms with E-state index in [2.05, 4.69) is 59.5 Å². The van der Waals surface area contributed by atoms with Crippen molar-refractivity contribution >= 4 is 33.3 Å². The zero-order chi connectivity index (χ0) is 12.8. The Morgan fingerprint density at radius 2 is 2.06 bits per heavy atom. The number of thiocarbonyl (C=S) groups is 1. The van der Waals surface area contributed by atoms with Crippen molar-refractivity contribution in [3.63, 3.8) is 0 Å².